The number of nitrogens with zero attached hydrogens (tertiary/aromatic N) is 2. The highest BCUT2D eigenvalue weighted by Crippen LogP contribution is 2.38. The molecule has 0 aliphatic carbocycles. The minimum absolute atomic E-state index is 1.15. The maximum absolute atomic E-state index is 2.40. The zero-order valence-electron chi connectivity index (χ0n) is 30.7. The van der Waals surface area contributed by atoms with Crippen molar-refractivity contribution in [3.63, 3.8) is 0 Å². The molecule has 0 N–H and O–H groups in total. The van der Waals surface area contributed by atoms with E-state index in [4.69, 9.17) is 0 Å². The molecule has 11 aromatic rings. The molecule has 0 amide bonds. The van der Waals surface area contributed by atoms with Crippen LogP contribution in [-0.4, -0.2) is 9.13 Å². The van der Waals surface area contributed by atoms with Gasteiger partial charge in [-0.05, 0) is 105 Å². The van der Waals surface area contributed by atoms with Crippen LogP contribution in [-0.2, 0) is 0 Å². The lowest BCUT2D eigenvalue weighted by atomic mass is 9.97. The van der Waals surface area contributed by atoms with E-state index in [0.29, 0.717) is 0 Å². The molecule has 0 radical (unpaired) electrons. The second-order valence-corrected chi connectivity index (χ2v) is 14.6. The van der Waals surface area contributed by atoms with Crippen LogP contribution in [0.1, 0.15) is 0 Å². The number of rotatable bonds is 6. The third kappa shape index (κ3) is 5.34. The predicted molar refractivity (Wildman–Crippen MR) is 237 cm³/mol. The third-order valence-corrected chi connectivity index (χ3v) is 11.4. The summed E-state index contributed by atoms with van der Waals surface area (Å²) >= 11 is 0. The monoisotopic (exact) mass is 712 g/mol. The van der Waals surface area contributed by atoms with Crippen molar-refractivity contribution < 1.29 is 0 Å². The van der Waals surface area contributed by atoms with Crippen molar-refractivity contribution in [2.45, 2.75) is 0 Å². The molecular formula is C54H36N2. The van der Waals surface area contributed by atoms with Crippen molar-refractivity contribution in [2.75, 3.05) is 0 Å². The van der Waals surface area contributed by atoms with Crippen molar-refractivity contribution in [3.8, 4) is 55.9 Å². The molecule has 0 fully saturated rings. The molecule has 262 valence electrons. The lowest BCUT2D eigenvalue weighted by molar-refractivity contribution is 1.18. The molecule has 0 saturated carbocycles. The molecule has 0 atom stereocenters. The quantitative estimate of drug-likeness (QED) is 0.162. The molecule has 0 bridgehead atoms. The topological polar surface area (TPSA) is 9.86 Å². The standard InChI is InChI=1S/C54H36N2/c1-3-11-37(12-4-1)38-19-21-39(22-20-38)40-23-25-41(26-24-40)43-29-34-54-50(35-43)48-16-8-10-18-52(48)56(54)46-31-27-42(28-32-46)44-30-33-53-49(36-44)47-15-7-9-17-51(47)55(53)45-13-5-2-6-14-45/h1-36H. The lowest BCUT2D eigenvalue weighted by Crippen LogP contribution is -1.94. The van der Waals surface area contributed by atoms with Crippen LogP contribution in [0, 0.1) is 0 Å². The molecular weight excluding hydrogens is 677 g/mol. The molecule has 2 aromatic heterocycles. The first-order valence-electron chi connectivity index (χ1n) is 19.3. The first-order valence-corrected chi connectivity index (χ1v) is 19.3. The Kier molecular flexibility index (Phi) is 7.53. The number of hydrogen-bond acceptors (Lipinski definition) is 0. The molecule has 2 nitrogen and oxygen atoms in total. The van der Waals surface area contributed by atoms with Gasteiger partial charge in [-0.1, -0.05) is 158 Å². The summed E-state index contributed by atoms with van der Waals surface area (Å²) in [4.78, 5) is 0. The van der Waals surface area contributed by atoms with Crippen LogP contribution in [0.4, 0.5) is 0 Å². The van der Waals surface area contributed by atoms with E-state index in [1.807, 2.05) is 0 Å². The van der Waals surface area contributed by atoms with Crippen molar-refractivity contribution >= 4 is 43.6 Å². The number of hydrogen-bond donors (Lipinski definition) is 0. The summed E-state index contributed by atoms with van der Waals surface area (Å²) in [5.41, 5.74) is 16.9. The Morgan fingerprint density at radius 1 is 0.196 bits per heavy atom. The largest absolute Gasteiger partial charge is 0.309 e. The Morgan fingerprint density at radius 3 is 0.964 bits per heavy atom. The second-order valence-electron chi connectivity index (χ2n) is 14.6. The van der Waals surface area contributed by atoms with Gasteiger partial charge in [-0.2, -0.15) is 0 Å². The van der Waals surface area contributed by atoms with Crippen LogP contribution in [0.25, 0.3) is 99.5 Å². The summed E-state index contributed by atoms with van der Waals surface area (Å²) in [6.07, 6.45) is 0. The van der Waals surface area contributed by atoms with Gasteiger partial charge < -0.3 is 9.13 Å². The molecule has 0 spiro atoms. The Balaban J connectivity index is 0.924. The summed E-state index contributed by atoms with van der Waals surface area (Å²) in [6, 6.07) is 79.3. The van der Waals surface area contributed by atoms with Crippen LogP contribution in [0.15, 0.2) is 218 Å². The molecule has 11 rings (SSSR count). The average molecular weight is 713 g/mol. The number of para-hydroxylation sites is 3. The Labute approximate surface area is 325 Å². The van der Waals surface area contributed by atoms with Gasteiger partial charge in [0, 0.05) is 32.9 Å². The van der Waals surface area contributed by atoms with Crippen molar-refractivity contribution in [2.24, 2.45) is 0 Å². The van der Waals surface area contributed by atoms with Gasteiger partial charge in [0.15, 0.2) is 0 Å². The minimum Gasteiger partial charge on any atom is -0.309 e. The van der Waals surface area contributed by atoms with Gasteiger partial charge in [0.1, 0.15) is 0 Å². The van der Waals surface area contributed by atoms with E-state index in [1.54, 1.807) is 0 Å². The van der Waals surface area contributed by atoms with Gasteiger partial charge in [-0.25, -0.2) is 0 Å². The molecule has 2 heterocycles. The first kappa shape index (κ1) is 32.0. The zero-order chi connectivity index (χ0) is 37.0. The smallest absolute Gasteiger partial charge is 0.0541 e. The number of aromatic nitrogens is 2. The SMILES string of the molecule is c1ccc(-c2ccc(-c3ccc(-c4ccc5c(c4)c4ccccc4n5-c4ccc(-c5ccc6c(c5)c5ccccc5n6-c5ccccc5)cc4)cc3)cc2)cc1. The predicted octanol–water partition coefficient (Wildman–Crippen LogP) is 14.5. The fourth-order valence-electron chi connectivity index (χ4n) is 8.58. The molecule has 2 heteroatoms. The first-order chi connectivity index (χ1) is 27.8. The van der Waals surface area contributed by atoms with Crippen molar-refractivity contribution in [1.82, 2.24) is 9.13 Å². The minimum atomic E-state index is 1.15. The van der Waals surface area contributed by atoms with Gasteiger partial charge in [-0.15, -0.1) is 0 Å². The van der Waals surface area contributed by atoms with Crippen molar-refractivity contribution in [3.05, 3.63) is 218 Å². The van der Waals surface area contributed by atoms with E-state index < -0.39 is 0 Å². The maximum Gasteiger partial charge on any atom is 0.0541 e. The second kappa shape index (κ2) is 13.2. The molecule has 9 aromatic carbocycles. The molecule has 0 aliphatic rings. The molecule has 0 aliphatic heterocycles. The van der Waals surface area contributed by atoms with Crippen LogP contribution in [0.3, 0.4) is 0 Å². The van der Waals surface area contributed by atoms with Crippen LogP contribution in [0.2, 0.25) is 0 Å². The molecule has 56 heavy (non-hydrogen) atoms. The third-order valence-electron chi connectivity index (χ3n) is 11.4. The Bertz CT molecular complexity index is 3190. The maximum atomic E-state index is 2.40. The fourth-order valence-corrected chi connectivity index (χ4v) is 8.58. The highest BCUT2D eigenvalue weighted by atomic mass is 15.0. The normalized spacial score (nSPS) is 11.6. The van der Waals surface area contributed by atoms with Crippen molar-refractivity contribution in [1.29, 1.82) is 0 Å². The zero-order valence-corrected chi connectivity index (χ0v) is 30.7. The average Bonchev–Trinajstić information content (AvgIpc) is 3.79. The lowest BCUT2D eigenvalue weighted by Gasteiger charge is -2.11. The Hall–Kier alpha value is -7.42. The van der Waals surface area contributed by atoms with E-state index in [2.05, 4.69) is 228 Å². The van der Waals surface area contributed by atoms with Crippen LogP contribution < -0.4 is 0 Å². The van der Waals surface area contributed by atoms with Gasteiger partial charge in [0.2, 0.25) is 0 Å². The Morgan fingerprint density at radius 2 is 0.500 bits per heavy atom. The van der Waals surface area contributed by atoms with Gasteiger partial charge >= 0.3 is 0 Å². The van der Waals surface area contributed by atoms with E-state index in [0.717, 1.165) is 5.69 Å². The van der Waals surface area contributed by atoms with E-state index in [9.17, 15) is 0 Å². The van der Waals surface area contributed by atoms with E-state index in [1.165, 1.54) is 93.8 Å². The molecule has 0 saturated heterocycles. The highest BCUT2D eigenvalue weighted by Gasteiger charge is 2.16. The summed E-state index contributed by atoms with van der Waals surface area (Å²) < 4.78 is 4.77. The van der Waals surface area contributed by atoms with Gasteiger partial charge in [0.25, 0.3) is 0 Å². The highest BCUT2D eigenvalue weighted by molar-refractivity contribution is 6.11. The number of benzene rings is 9. The van der Waals surface area contributed by atoms with Gasteiger partial charge in [0.05, 0.1) is 22.1 Å². The van der Waals surface area contributed by atoms with Crippen LogP contribution in [0.5, 0.6) is 0 Å². The summed E-state index contributed by atoms with van der Waals surface area (Å²) in [5, 5.41) is 5.03. The van der Waals surface area contributed by atoms with Gasteiger partial charge in [-0.3, -0.25) is 0 Å². The van der Waals surface area contributed by atoms with E-state index >= 15 is 0 Å². The number of fused-ring (bicyclic) bond motifs is 6. The van der Waals surface area contributed by atoms with E-state index in [-0.39, 0.29) is 0 Å². The van der Waals surface area contributed by atoms with Crippen LogP contribution >= 0.6 is 0 Å². The fraction of sp³-hybridized carbons (Fsp3) is 0. The summed E-state index contributed by atoms with van der Waals surface area (Å²) in [5.74, 6) is 0. The summed E-state index contributed by atoms with van der Waals surface area (Å²) in [7, 11) is 0. The summed E-state index contributed by atoms with van der Waals surface area (Å²) in [6.45, 7) is 0. The molecule has 0 unspecified atom stereocenters.